The van der Waals surface area contributed by atoms with Crippen LogP contribution in [0.1, 0.15) is 0 Å². The second-order valence-electron chi connectivity index (χ2n) is 4.84. The fourth-order valence-electron chi connectivity index (χ4n) is 2.08. The molecule has 3 aromatic rings. The van der Waals surface area contributed by atoms with Crippen LogP contribution in [-0.2, 0) is 20.5 Å². The SMILES string of the molecule is O=C([O-])C(=O)O.c1ccc([S+](c2ccccc2)c2ccccc2)cc1. The highest BCUT2D eigenvalue weighted by Crippen LogP contribution is 2.30. The highest BCUT2D eigenvalue weighted by atomic mass is 32.2. The van der Waals surface area contributed by atoms with E-state index in [1.54, 1.807) is 0 Å². The van der Waals surface area contributed by atoms with Crippen LogP contribution in [0.15, 0.2) is 106 Å². The van der Waals surface area contributed by atoms with Gasteiger partial charge in [-0.2, -0.15) is 0 Å². The molecule has 1 N–H and O–H groups in total. The van der Waals surface area contributed by atoms with Gasteiger partial charge in [-0.1, -0.05) is 54.6 Å². The average molecular weight is 352 g/mol. The van der Waals surface area contributed by atoms with Gasteiger partial charge < -0.3 is 15.0 Å². The first-order chi connectivity index (χ1) is 12.1. The van der Waals surface area contributed by atoms with Gasteiger partial charge in [-0.25, -0.2) is 4.79 Å². The third-order valence-corrected chi connectivity index (χ3v) is 5.34. The van der Waals surface area contributed by atoms with Crippen molar-refractivity contribution in [1.29, 1.82) is 0 Å². The lowest BCUT2D eigenvalue weighted by atomic mass is 10.4. The van der Waals surface area contributed by atoms with E-state index in [1.165, 1.54) is 14.7 Å². The molecule has 5 heteroatoms. The highest BCUT2D eigenvalue weighted by Gasteiger charge is 2.27. The van der Waals surface area contributed by atoms with Gasteiger partial charge in [0.25, 0.3) is 0 Å². The fraction of sp³-hybridized carbons (Fsp3) is 0. The van der Waals surface area contributed by atoms with Gasteiger partial charge in [0.1, 0.15) is 0 Å². The lowest BCUT2D eigenvalue weighted by molar-refractivity contribution is -0.303. The van der Waals surface area contributed by atoms with Crippen LogP contribution in [0, 0.1) is 0 Å². The number of hydrogen-bond donors (Lipinski definition) is 1. The minimum atomic E-state index is -2.07. The van der Waals surface area contributed by atoms with Gasteiger partial charge in [0.05, 0.1) is 10.9 Å². The molecule has 0 aliphatic heterocycles. The number of carbonyl (C=O) groups is 2. The molecule has 0 radical (unpaired) electrons. The van der Waals surface area contributed by atoms with Gasteiger partial charge in [-0.3, -0.25) is 0 Å². The van der Waals surface area contributed by atoms with E-state index in [4.69, 9.17) is 19.8 Å². The molecule has 3 aromatic carbocycles. The van der Waals surface area contributed by atoms with Crippen molar-refractivity contribution in [1.82, 2.24) is 0 Å². The summed E-state index contributed by atoms with van der Waals surface area (Å²) in [6.45, 7) is 0. The summed E-state index contributed by atoms with van der Waals surface area (Å²) in [7, 11) is -0.0146. The zero-order chi connectivity index (χ0) is 18.1. The quantitative estimate of drug-likeness (QED) is 0.581. The van der Waals surface area contributed by atoms with E-state index in [-0.39, 0.29) is 10.9 Å². The second-order valence-corrected chi connectivity index (χ2v) is 6.86. The van der Waals surface area contributed by atoms with E-state index in [2.05, 4.69) is 91.0 Å². The van der Waals surface area contributed by atoms with Crippen LogP contribution in [0.3, 0.4) is 0 Å². The summed E-state index contributed by atoms with van der Waals surface area (Å²) in [5.41, 5.74) is 0. The normalized spacial score (nSPS) is 9.80. The number of hydrogen-bond acceptors (Lipinski definition) is 3. The Morgan fingerprint density at radius 2 is 0.880 bits per heavy atom. The molecular formula is C20H16O4S. The van der Waals surface area contributed by atoms with E-state index in [9.17, 15) is 0 Å². The summed E-state index contributed by atoms with van der Waals surface area (Å²) >= 11 is 0. The Balaban J connectivity index is 0.000000326. The monoisotopic (exact) mass is 352 g/mol. The molecule has 0 atom stereocenters. The summed E-state index contributed by atoms with van der Waals surface area (Å²) in [6.07, 6.45) is 0. The third kappa shape index (κ3) is 5.51. The first-order valence-corrected chi connectivity index (χ1v) is 8.66. The molecule has 0 aliphatic rings. The predicted molar refractivity (Wildman–Crippen MR) is 94.1 cm³/mol. The van der Waals surface area contributed by atoms with Crippen molar-refractivity contribution in [3.8, 4) is 0 Å². The number of rotatable bonds is 3. The highest BCUT2D eigenvalue weighted by molar-refractivity contribution is 7.97. The van der Waals surface area contributed by atoms with E-state index < -0.39 is 11.9 Å². The lowest BCUT2D eigenvalue weighted by Crippen LogP contribution is -2.30. The van der Waals surface area contributed by atoms with Gasteiger partial charge in [0, 0.05) is 0 Å². The van der Waals surface area contributed by atoms with E-state index >= 15 is 0 Å². The van der Waals surface area contributed by atoms with Crippen molar-refractivity contribution in [3.05, 3.63) is 91.0 Å². The molecule has 0 fully saturated rings. The Kier molecular flexibility index (Phi) is 6.80. The van der Waals surface area contributed by atoms with Crippen LogP contribution in [0.25, 0.3) is 0 Å². The van der Waals surface area contributed by atoms with Gasteiger partial charge in [-0.05, 0) is 36.4 Å². The molecule has 0 amide bonds. The molecule has 3 rings (SSSR count). The standard InChI is InChI=1S/C18H15S.C2H2O4/c1-4-10-16(11-5-1)19(17-12-6-2-7-13-17)18-14-8-3-9-15-18;3-1(4)2(5)6/h1-15H;(H,3,4)(H,5,6)/q+1;/p-1. The lowest BCUT2D eigenvalue weighted by Gasteiger charge is -2.07. The van der Waals surface area contributed by atoms with E-state index in [0.29, 0.717) is 0 Å². The Bertz CT molecular complexity index is 699. The molecule has 0 aromatic heterocycles. The van der Waals surface area contributed by atoms with Crippen LogP contribution >= 0.6 is 0 Å². The molecule has 0 bridgehead atoms. The van der Waals surface area contributed by atoms with Gasteiger partial charge in [0.15, 0.2) is 20.7 Å². The smallest absolute Gasteiger partial charge is 0.351 e. The minimum absolute atomic E-state index is 0.0146. The van der Waals surface area contributed by atoms with Crippen LogP contribution in [0.2, 0.25) is 0 Å². The Morgan fingerprint density at radius 3 is 1.08 bits per heavy atom. The number of carboxylic acid groups (broad SMARTS) is 2. The van der Waals surface area contributed by atoms with Gasteiger partial charge >= 0.3 is 5.97 Å². The van der Waals surface area contributed by atoms with Crippen molar-refractivity contribution in [2.24, 2.45) is 0 Å². The second kappa shape index (κ2) is 9.30. The summed E-state index contributed by atoms with van der Waals surface area (Å²) in [4.78, 5) is 22.1. The molecule has 0 saturated heterocycles. The number of carboxylic acids is 2. The average Bonchev–Trinajstić information content (AvgIpc) is 2.65. The largest absolute Gasteiger partial charge is 0.539 e. The molecule has 0 heterocycles. The maximum absolute atomic E-state index is 9.04. The Hall–Kier alpha value is -3.05. The summed E-state index contributed by atoms with van der Waals surface area (Å²) in [6, 6.07) is 32.2. The molecule has 0 aliphatic carbocycles. The first-order valence-electron chi connectivity index (χ1n) is 7.43. The van der Waals surface area contributed by atoms with Gasteiger partial charge in [0.2, 0.25) is 0 Å². The van der Waals surface area contributed by atoms with Gasteiger partial charge in [-0.15, -0.1) is 0 Å². The summed E-state index contributed by atoms with van der Waals surface area (Å²) < 4.78 is 0. The molecule has 0 saturated carbocycles. The molecular weight excluding hydrogens is 336 g/mol. The molecule has 4 nitrogen and oxygen atoms in total. The summed E-state index contributed by atoms with van der Waals surface area (Å²) in [5, 5.41) is 16.3. The topological polar surface area (TPSA) is 77.4 Å². The fourth-order valence-corrected chi connectivity index (χ4v) is 4.18. The van der Waals surface area contributed by atoms with Crippen molar-refractivity contribution >= 4 is 22.8 Å². The Morgan fingerprint density at radius 1 is 0.640 bits per heavy atom. The van der Waals surface area contributed by atoms with Crippen molar-refractivity contribution in [2.75, 3.05) is 0 Å². The van der Waals surface area contributed by atoms with Crippen LogP contribution in [0.4, 0.5) is 0 Å². The van der Waals surface area contributed by atoms with Crippen LogP contribution in [-0.4, -0.2) is 17.0 Å². The molecule has 25 heavy (non-hydrogen) atoms. The predicted octanol–water partition coefficient (Wildman–Crippen LogP) is 2.60. The molecule has 126 valence electrons. The van der Waals surface area contributed by atoms with E-state index in [0.717, 1.165) is 0 Å². The molecule has 0 spiro atoms. The van der Waals surface area contributed by atoms with Crippen LogP contribution in [0.5, 0.6) is 0 Å². The first kappa shape index (κ1) is 18.3. The molecule has 0 unspecified atom stereocenters. The minimum Gasteiger partial charge on any atom is -0.539 e. The number of aliphatic carboxylic acids is 2. The number of carbonyl (C=O) groups excluding carboxylic acids is 1. The zero-order valence-corrected chi connectivity index (χ0v) is 14.1. The van der Waals surface area contributed by atoms with E-state index in [1.807, 2.05) is 0 Å². The van der Waals surface area contributed by atoms with Crippen molar-refractivity contribution in [2.45, 2.75) is 14.7 Å². The zero-order valence-electron chi connectivity index (χ0n) is 13.2. The third-order valence-electron chi connectivity index (χ3n) is 3.11. The Labute approximate surface area is 148 Å². The number of benzene rings is 3. The summed E-state index contributed by atoms with van der Waals surface area (Å²) in [5.74, 6) is -4.01. The van der Waals surface area contributed by atoms with Crippen molar-refractivity contribution in [3.63, 3.8) is 0 Å². The van der Waals surface area contributed by atoms with Crippen LogP contribution < -0.4 is 5.11 Å². The van der Waals surface area contributed by atoms with Crippen molar-refractivity contribution < 1.29 is 19.8 Å². The maximum atomic E-state index is 9.04. The maximum Gasteiger partial charge on any atom is 0.351 e.